The fraction of sp³-hybridized carbons (Fsp3) is 0.369. The molecular formula is C111H121N11O17. The topological polar surface area (TPSA) is 326 Å². The number of rotatable bonds is 10. The molecule has 28 nitrogen and oxygen atoms in total. The van der Waals surface area contributed by atoms with E-state index in [1.54, 1.807) is 94.5 Å². The summed E-state index contributed by atoms with van der Waals surface area (Å²) in [5.74, 6) is 7.95. The van der Waals surface area contributed by atoms with Gasteiger partial charge in [0.1, 0.15) is 5.75 Å². The van der Waals surface area contributed by atoms with Crippen molar-refractivity contribution >= 4 is 21.8 Å². The number of aromatic amines is 4. The Morgan fingerprint density at radius 2 is 0.712 bits per heavy atom. The average Bonchev–Trinajstić information content (AvgIpc) is 1.72. The molecule has 0 amide bonds. The SMILES string of the molecule is COC1=CC2=C(CCN3Cc4c(ccc(O)c4OC)C[C@@H]23)C1.COc1c(O)ccc2c1CN1CCc3cc(OC)c(=O)[nH]c3[C@@H]1C2.COc1cc2c([nH]1)[C@@H]1Cc3ccc(O)c(OC)c3CN1CC2.COc1cc2c(cc1O)CN1CCc3c([nH]c4ccccc34)[C@@H]1C2.COc1cc2c(cc1O)C[C@H]1c3[nH]c4ccccc4c3CCN1C2.COc1cnc2c(c1)CCN1Cc3c(ccc(O)c3OC)C[C@@H]21. The number of pyridine rings is 2. The molecule has 0 fully saturated rings. The van der Waals surface area contributed by atoms with Gasteiger partial charge in [0, 0.05) is 164 Å². The Bertz CT molecular complexity index is 7050. The summed E-state index contributed by atoms with van der Waals surface area (Å²) >= 11 is 0. The Labute approximate surface area is 807 Å². The summed E-state index contributed by atoms with van der Waals surface area (Å²) in [4.78, 5) is 45.3. The minimum atomic E-state index is -0.188. The molecular weight excluding hydrogens is 1760 g/mol. The third-order valence-electron chi connectivity index (χ3n) is 31.2. The number of nitrogens with zero attached hydrogens (tertiary/aromatic N) is 7. The van der Waals surface area contributed by atoms with Crippen LogP contribution >= 0.6 is 0 Å². The number of phenols is 6. The molecule has 12 aliphatic heterocycles. The molecule has 5 aromatic heterocycles. The molecule has 139 heavy (non-hydrogen) atoms. The number of phenolic OH excluding ortho intramolecular Hbond substituents is 6. The highest BCUT2D eigenvalue weighted by Gasteiger charge is 2.43. The molecule has 6 atom stereocenters. The number of allylic oxidation sites excluding steroid dienone is 1. The number of nitrogens with one attached hydrogen (secondary N) is 4. The number of aromatic hydroxyl groups is 6. The van der Waals surface area contributed by atoms with Crippen molar-refractivity contribution in [3.8, 4) is 86.4 Å². The summed E-state index contributed by atoms with van der Waals surface area (Å²) in [5, 5.41) is 62.9. The zero-order valence-electron chi connectivity index (χ0n) is 80.4. The summed E-state index contributed by atoms with van der Waals surface area (Å²) in [6, 6.07) is 47.8. The smallest absolute Gasteiger partial charge is 0.290 e. The normalized spacial score (nSPS) is 20.2. The van der Waals surface area contributed by atoms with E-state index >= 15 is 0 Å². The van der Waals surface area contributed by atoms with E-state index in [-0.39, 0.29) is 52.1 Å². The Morgan fingerprint density at radius 1 is 0.317 bits per heavy atom. The second-order valence-corrected chi connectivity index (χ2v) is 38.2. The summed E-state index contributed by atoms with van der Waals surface area (Å²) in [7, 11) is 16.3. The number of aromatic nitrogens is 5. The number of hydrogen-bond donors (Lipinski definition) is 10. The molecule has 0 unspecified atom stereocenters. The molecule has 28 heteroatoms. The molecule has 0 spiro atoms. The van der Waals surface area contributed by atoms with Crippen LogP contribution in [-0.4, -0.2) is 201 Å². The van der Waals surface area contributed by atoms with Crippen molar-refractivity contribution in [2.45, 2.75) is 159 Å². The van der Waals surface area contributed by atoms with E-state index < -0.39 is 0 Å². The second-order valence-electron chi connectivity index (χ2n) is 38.2. The highest BCUT2D eigenvalue weighted by atomic mass is 16.5. The van der Waals surface area contributed by atoms with Crippen LogP contribution in [0.15, 0.2) is 173 Å². The van der Waals surface area contributed by atoms with Gasteiger partial charge in [0.25, 0.3) is 5.56 Å². The number of para-hydroxylation sites is 2. The van der Waals surface area contributed by atoms with Crippen LogP contribution in [-0.2, 0) is 115 Å². The lowest BCUT2D eigenvalue weighted by Crippen LogP contribution is -2.44. The zero-order valence-corrected chi connectivity index (χ0v) is 80.4. The third kappa shape index (κ3) is 16.9. The largest absolute Gasteiger partial charge is 0.504 e. The van der Waals surface area contributed by atoms with Gasteiger partial charge in [-0.25, -0.2) is 0 Å². The molecule has 26 rings (SSSR count). The summed E-state index contributed by atoms with van der Waals surface area (Å²) in [6.45, 7) is 11.0. The van der Waals surface area contributed by atoms with Crippen LogP contribution in [0.25, 0.3) is 21.8 Å². The lowest BCUT2D eigenvalue weighted by Gasteiger charge is -2.41. The van der Waals surface area contributed by atoms with Crippen LogP contribution in [0, 0.1) is 0 Å². The zero-order chi connectivity index (χ0) is 95.9. The first-order chi connectivity index (χ1) is 67.7. The highest BCUT2D eigenvalue weighted by molar-refractivity contribution is 5.86. The van der Waals surface area contributed by atoms with Crippen molar-refractivity contribution < 1.29 is 78.0 Å². The number of ether oxygens (including phenoxy) is 10. The quantitative estimate of drug-likeness (QED) is 0.0608. The van der Waals surface area contributed by atoms with Gasteiger partial charge in [-0.2, -0.15) is 0 Å². The standard InChI is InChI=1S/2C20H20N2O2.C18H20N2O4.C18H20N2O3.C18H21NO3.C17H20N2O3/c1-24-19-10-12-8-17-20-15(14-4-2-3-5-16(14)21-20)6-7-22(17)11-13(12)9-18(19)23;1-24-19-10-13-11-22-7-6-15-14-4-2-3-5-16(14)21-20(15)17(22)8-12(13)9-18(19)23;1-23-15-8-11-5-6-20-9-12-10(3-4-14(21)17(12)24-2)7-13(20)16(11)19-18(15)22;1-22-13-7-12-5-6-20-10-14-11(3-4-16(21)18(14)23-2)8-15(20)17(12)19-9-13;1-21-13-7-12-5-6-19-10-15-11(8-16(19)14(12)9-13)3-4-17(20)18(15)22-2;1-21-15-8-11-5-6-19-9-12-10(7-13(19)16(11)18-15)3-4-14(20)17(12)22-2/h2*2-5,9-10,17,21,23H,6-8,11H2,1H3;3-4,8,13,21H,5-7,9H2,1-2H3,(H,19,22);3-4,7,9,15,21H,5-6,8,10H2,1-2H3;3-4,9,16,20H,5-8,10H2,1-2H3;3-4,8,13,18,20H,5-7,9H2,1-2H3/t2*17-;13-;15-;16-;13-/m000000/s1. The third-order valence-corrected chi connectivity index (χ3v) is 31.2. The number of fused-ring (bicyclic) bond motifs is 27. The molecule has 0 saturated heterocycles. The fourth-order valence-electron chi connectivity index (χ4n) is 24.3. The van der Waals surface area contributed by atoms with Crippen molar-refractivity contribution in [3.63, 3.8) is 0 Å². The minimum Gasteiger partial charge on any atom is -0.504 e. The van der Waals surface area contributed by atoms with Gasteiger partial charge in [0.2, 0.25) is 0 Å². The van der Waals surface area contributed by atoms with Crippen molar-refractivity contribution in [1.29, 1.82) is 0 Å². The lowest BCUT2D eigenvalue weighted by molar-refractivity contribution is 0.153. The number of H-pyrrole nitrogens is 4. The van der Waals surface area contributed by atoms with E-state index in [2.05, 4.69) is 121 Å². The maximum atomic E-state index is 12.1. The van der Waals surface area contributed by atoms with E-state index in [1.165, 1.54) is 118 Å². The number of methoxy groups -OCH3 is 10. The van der Waals surface area contributed by atoms with Crippen molar-refractivity contribution in [2.24, 2.45) is 0 Å². The Hall–Kier alpha value is -13.7. The van der Waals surface area contributed by atoms with E-state index in [0.29, 0.717) is 71.0 Å². The van der Waals surface area contributed by atoms with Crippen LogP contribution in [0.5, 0.6) is 86.4 Å². The Kier molecular flexibility index (Phi) is 25.2. The van der Waals surface area contributed by atoms with Crippen LogP contribution in [0.4, 0.5) is 0 Å². The van der Waals surface area contributed by atoms with E-state index in [0.717, 1.165) is 218 Å². The minimum absolute atomic E-state index is 0.133. The van der Waals surface area contributed by atoms with E-state index in [1.807, 2.05) is 54.6 Å². The number of hydrogen-bond acceptors (Lipinski definition) is 24. The van der Waals surface area contributed by atoms with E-state index in [4.69, 9.17) is 47.4 Å². The first-order valence-corrected chi connectivity index (χ1v) is 48.2. The maximum absolute atomic E-state index is 12.1. The predicted molar refractivity (Wildman–Crippen MR) is 528 cm³/mol. The van der Waals surface area contributed by atoms with Crippen molar-refractivity contribution in [3.05, 3.63) is 302 Å². The van der Waals surface area contributed by atoms with Gasteiger partial charge in [-0.15, -0.1) is 0 Å². The molecule has 0 bridgehead atoms. The van der Waals surface area contributed by atoms with Crippen molar-refractivity contribution in [1.82, 2.24) is 54.3 Å². The van der Waals surface area contributed by atoms with Gasteiger partial charge < -0.3 is 97.9 Å². The Morgan fingerprint density at radius 3 is 1.20 bits per heavy atom. The molecule has 1 aliphatic carbocycles. The average molecular weight is 1880 g/mol. The van der Waals surface area contributed by atoms with Gasteiger partial charge in [0.15, 0.2) is 80.6 Å². The lowest BCUT2D eigenvalue weighted by atomic mass is 9.85. The van der Waals surface area contributed by atoms with Crippen LogP contribution in [0.1, 0.15) is 166 Å². The predicted octanol–water partition coefficient (Wildman–Crippen LogP) is 16.4. The fourth-order valence-corrected chi connectivity index (χ4v) is 24.3. The molecule has 10 N–H and O–H groups in total. The van der Waals surface area contributed by atoms with Crippen LogP contribution < -0.4 is 48.2 Å². The summed E-state index contributed by atoms with van der Waals surface area (Å²) in [6.07, 6.45) is 16.5. The monoisotopic (exact) mass is 1880 g/mol. The molecule has 0 radical (unpaired) electrons. The van der Waals surface area contributed by atoms with Crippen molar-refractivity contribution in [2.75, 3.05) is 110 Å². The maximum Gasteiger partial charge on any atom is 0.290 e. The van der Waals surface area contributed by atoms with Gasteiger partial charge in [-0.3, -0.25) is 39.2 Å². The van der Waals surface area contributed by atoms with Crippen LogP contribution in [0.3, 0.4) is 0 Å². The molecule has 8 aromatic carbocycles. The number of benzene rings is 8. The summed E-state index contributed by atoms with van der Waals surface area (Å²) < 4.78 is 53.4. The molecule has 0 saturated carbocycles. The first-order valence-electron chi connectivity index (χ1n) is 48.2. The van der Waals surface area contributed by atoms with Gasteiger partial charge in [-0.1, -0.05) is 66.2 Å². The van der Waals surface area contributed by atoms with Crippen LogP contribution in [0.2, 0.25) is 0 Å². The van der Waals surface area contributed by atoms with Gasteiger partial charge in [0.05, 0.1) is 119 Å². The van der Waals surface area contributed by atoms with E-state index in [9.17, 15) is 35.4 Å². The highest BCUT2D eigenvalue weighted by Crippen LogP contribution is 2.52. The molecule has 13 aliphatic rings. The van der Waals surface area contributed by atoms with Gasteiger partial charge in [-0.05, 0) is 234 Å². The molecule has 722 valence electrons. The molecule has 17 heterocycles. The first kappa shape index (κ1) is 91.7. The molecule has 13 aromatic rings. The Balaban J connectivity index is 0.0000000992. The summed E-state index contributed by atoms with van der Waals surface area (Å²) in [5.41, 5.74) is 32.3. The second kappa shape index (κ2) is 38.2. The van der Waals surface area contributed by atoms with Gasteiger partial charge >= 0.3 is 0 Å².